The Hall–Kier alpha value is -4.21. The van der Waals surface area contributed by atoms with Crippen LogP contribution in [0.15, 0.2) is 71.9 Å². The van der Waals surface area contributed by atoms with Crippen LogP contribution < -0.4 is 20.5 Å². The van der Waals surface area contributed by atoms with Gasteiger partial charge in [-0.2, -0.15) is 0 Å². The lowest BCUT2D eigenvalue weighted by Gasteiger charge is -2.33. The average molecular weight is 551 g/mol. The second-order valence-electron chi connectivity index (χ2n) is 11.0. The lowest BCUT2D eigenvalue weighted by Crippen LogP contribution is -2.38. The Morgan fingerprint density at radius 2 is 1.85 bits per heavy atom. The van der Waals surface area contributed by atoms with Gasteiger partial charge >= 0.3 is 0 Å². The highest BCUT2D eigenvalue weighted by Crippen LogP contribution is 2.43. The minimum absolute atomic E-state index is 0.118. The summed E-state index contributed by atoms with van der Waals surface area (Å²) >= 11 is 0. The molecule has 0 aliphatic carbocycles. The number of likely N-dealkylation sites (tertiary alicyclic amines) is 1. The number of aromatic nitrogens is 3. The van der Waals surface area contributed by atoms with Crippen LogP contribution in [0.5, 0.6) is 11.5 Å². The van der Waals surface area contributed by atoms with Crippen molar-refractivity contribution in [2.45, 2.75) is 31.8 Å². The van der Waals surface area contributed by atoms with E-state index in [1.807, 2.05) is 24.4 Å². The first-order chi connectivity index (χ1) is 20.2. The van der Waals surface area contributed by atoms with Crippen LogP contribution in [-0.4, -0.2) is 65.3 Å². The van der Waals surface area contributed by atoms with E-state index in [0.29, 0.717) is 19.3 Å². The number of nitrogens with zero attached hydrogens (tertiary/aromatic N) is 4. The van der Waals surface area contributed by atoms with Crippen LogP contribution >= 0.6 is 0 Å². The molecule has 2 N–H and O–H groups in total. The van der Waals surface area contributed by atoms with E-state index in [1.54, 1.807) is 18.5 Å². The maximum absolute atomic E-state index is 12.6. The first-order valence-electron chi connectivity index (χ1n) is 14.4. The predicted molar refractivity (Wildman–Crippen MR) is 159 cm³/mol. The molecule has 3 aliphatic heterocycles. The number of fused-ring (bicyclic) bond motifs is 2. The molecule has 0 bridgehead atoms. The smallest absolute Gasteiger partial charge is 0.250 e. The molecule has 41 heavy (non-hydrogen) atoms. The Morgan fingerprint density at radius 1 is 0.976 bits per heavy atom. The number of morpholine rings is 1. The Labute approximate surface area is 239 Å². The molecule has 2 saturated heterocycles. The van der Waals surface area contributed by atoms with Crippen molar-refractivity contribution in [3.63, 3.8) is 0 Å². The van der Waals surface area contributed by atoms with Gasteiger partial charge in [-0.3, -0.25) is 19.7 Å². The number of nitrogens with one attached hydrogen (secondary N) is 2. The normalized spacial score (nSPS) is 17.4. The molecule has 2 aromatic heterocycles. The molecule has 0 atom stereocenters. The Bertz CT molecular complexity index is 1580. The molecule has 0 radical (unpaired) electrons. The second-order valence-corrected chi connectivity index (χ2v) is 11.0. The van der Waals surface area contributed by atoms with E-state index >= 15 is 0 Å². The molecule has 4 aromatic rings. The summed E-state index contributed by atoms with van der Waals surface area (Å²) in [5.74, 6) is 1.67. The van der Waals surface area contributed by atoms with Gasteiger partial charge in [0.1, 0.15) is 11.5 Å². The molecule has 7 rings (SSSR count). The molecule has 0 unspecified atom stereocenters. The molecule has 9 nitrogen and oxygen atoms in total. The molecule has 210 valence electrons. The first kappa shape index (κ1) is 25.7. The van der Waals surface area contributed by atoms with Crippen molar-refractivity contribution in [1.82, 2.24) is 19.9 Å². The van der Waals surface area contributed by atoms with Gasteiger partial charge in [0.2, 0.25) is 5.56 Å². The van der Waals surface area contributed by atoms with Gasteiger partial charge in [0.15, 0.2) is 0 Å². The number of para-hydroxylation sites is 1. The van der Waals surface area contributed by atoms with Crippen LogP contribution in [0.25, 0.3) is 11.3 Å². The number of anilines is 2. The maximum Gasteiger partial charge on any atom is 0.250 e. The van der Waals surface area contributed by atoms with Crippen molar-refractivity contribution in [3.05, 3.63) is 94.3 Å². The number of ether oxygens (including phenoxy) is 2. The molecule has 2 fully saturated rings. The highest BCUT2D eigenvalue weighted by atomic mass is 16.5. The lowest BCUT2D eigenvalue weighted by atomic mass is 9.96. The topological polar surface area (TPSA) is 95.6 Å². The third-order valence-electron chi connectivity index (χ3n) is 8.21. The largest absolute Gasteiger partial charge is 0.456 e. The number of H-pyrrole nitrogens is 1. The molecular formula is C32H34N6O3. The van der Waals surface area contributed by atoms with Gasteiger partial charge < -0.3 is 24.7 Å². The minimum Gasteiger partial charge on any atom is -0.456 e. The van der Waals surface area contributed by atoms with Crippen LogP contribution in [0, 0.1) is 0 Å². The molecule has 2 aromatic carbocycles. The van der Waals surface area contributed by atoms with Gasteiger partial charge in [0.25, 0.3) is 0 Å². The van der Waals surface area contributed by atoms with Gasteiger partial charge in [-0.05, 0) is 48.7 Å². The molecule has 0 saturated carbocycles. The lowest BCUT2D eigenvalue weighted by molar-refractivity contribution is 0.122. The van der Waals surface area contributed by atoms with Gasteiger partial charge in [-0.15, -0.1) is 0 Å². The SMILES string of the molecule is O=c1cc(N2CCOCC2)cc(-c2cccc3c2Oc2ccc(NC4CCN(Cc5cnccn5)CC4)cc2C3)[nH]1. The van der Waals surface area contributed by atoms with Crippen LogP contribution in [0.3, 0.4) is 0 Å². The average Bonchev–Trinajstić information content (AvgIpc) is 3.01. The number of hydrogen-bond donors (Lipinski definition) is 2. The van der Waals surface area contributed by atoms with Crippen LogP contribution in [-0.2, 0) is 17.7 Å². The van der Waals surface area contributed by atoms with Gasteiger partial charge in [0.05, 0.1) is 24.6 Å². The van der Waals surface area contributed by atoms with Crippen molar-refractivity contribution >= 4 is 11.4 Å². The van der Waals surface area contributed by atoms with Crippen molar-refractivity contribution in [2.24, 2.45) is 0 Å². The number of hydrogen-bond acceptors (Lipinski definition) is 8. The highest BCUT2D eigenvalue weighted by molar-refractivity contribution is 5.74. The van der Waals surface area contributed by atoms with Crippen LogP contribution in [0.2, 0.25) is 0 Å². The monoisotopic (exact) mass is 550 g/mol. The van der Waals surface area contributed by atoms with Crippen molar-refractivity contribution in [3.8, 4) is 22.8 Å². The van der Waals surface area contributed by atoms with Crippen LogP contribution in [0.1, 0.15) is 29.7 Å². The summed E-state index contributed by atoms with van der Waals surface area (Å²) in [4.78, 5) is 28.9. The van der Waals surface area contributed by atoms with E-state index in [9.17, 15) is 4.79 Å². The Morgan fingerprint density at radius 3 is 2.68 bits per heavy atom. The van der Waals surface area contributed by atoms with Crippen molar-refractivity contribution in [2.75, 3.05) is 49.6 Å². The minimum atomic E-state index is -0.118. The van der Waals surface area contributed by atoms with E-state index in [4.69, 9.17) is 9.47 Å². The third kappa shape index (κ3) is 5.68. The molecule has 5 heterocycles. The summed E-state index contributed by atoms with van der Waals surface area (Å²) in [6.45, 7) is 5.81. The summed E-state index contributed by atoms with van der Waals surface area (Å²) in [6.07, 6.45) is 8.27. The quantitative estimate of drug-likeness (QED) is 0.320. The van der Waals surface area contributed by atoms with Gasteiger partial charge in [-0.1, -0.05) is 12.1 Å². The summed E-state index contributed by atoms with van der Waals surface area (Å²) in [5.41, 5.74) is 6.88. The fraction of sp³-hybridized carbons (Fsp3) is 0.344. The van der Waals surface area contributed by atoms with Gasteiger partial charge in [-0.25, -0.2) is 0 Å². The van der Waals surface area contributed by atoms with Crippen molar-refractivity contribution in [1.29, 1.82) is 0 Å². The molecule has 3 aliphatic rings. The Balaban J connectivity index is 1.05. The zero-order valence-corrected chi connectivity index (χ0v) is 23.0. The molecule has 0 spiro atoms. The predicted octanol–water partition coefficient (Wildman–Crippen LogP) is 4.44. The maximum atomic E-state index is 12.6. The fourth-order valence-corrected chi connectivity index (χ4v) is 6.07. The summed E-state index contributed by atoms with van der Waals surface area (Å²) < 4.78 is 12.0. The third-order valence-corrected chi connectivity index (χ3v) is 8.21. The highest BCUT2D eigenvalue weighted by Gasteiger charge is 2.24. The number of aromatic amines is 1. The fourth-order valence-electron chi connectivity index (χ4n) is 6.07. The van der Waals surface area contributed by atoms with E-state index in [-0.39, 0.29) is 5.56 Å². The van der Waals surface area contributed by atoms with Gasteiger partial charge in [0, 0.05) is 92.3 Å². The van der Waals surface area contributed by atoms with Crippen molar-refractivity contribution < 1.29 is 9.47 Å². The number of rotatable bonds is 6. The summed E-state index contributed by atoms with van der Waals surface area (Å²) in [7, 11) is 0. The van der Waals surface area contributed by atoms with E-state index in [2.05, 4.69) is 54.3 Å². The molecule has 0 amide bonds. The second kappa shape index (κ2) is 11.3. The number of benzene rings is 2. The Kier molecular flexibility index (Phi) is 7.12. The zero-order valence-electron chi connectivity index (χ0n) is 23.0. The van der Waals surface area contributed by atoms with E-state index < -0.39 is 0 Å². The summed E-state index contributed by atoms with van der Waals surface area (Å²) in [5, 5.41) is 3.76. The zero-order chi connectivity index (χ0) is 27.6. The number of pyridine rings is 1. The standard InChI is InChI=1S/C32H34N6O3/c39-31-19-27(38-12-14-40-15-13-38)18-29(36-31)28-3-1-2-22-16-23-17-25(4-5-30(23)41-32(22)28)35-24-6-10-37(11-7-24)21-26-20-33-8-9-34-26/h1-5,8-9,17-20,24,35H,6-7,10-16,21H2,(H,36,39). The summed E-state index contributed by atoms with van der Waals surface area (Å²) in [6, 6.07) is 16.7. The molecule has 9 heteroatoms. The van der Waals surface area contributed by atoms with Crippen LogP contribution in [0.4, 0.5) is 11.4 Å². The van der Waals surface area contributed by atoms with E-state index in [1.165, 1.54) is 0 Å². The first-order valence-corrected chi connectivity index (χ1v) is 14.4. The molecular weight excluding hydrogens is 516 g/mol. The number of piperidine rings is 1. The van der Waals surface area contributed by atoms with E-state index in [0.717, 1.165) is 103 Å².